The zero-order chi connectivity index (χ0) is 33.9. The van der Waals surface area contributed by atoms with Gasteiger partial charge in [0, 0.05) is 29.8 Å². The number of carbonyl (C=O) groups excluding carboxylic acids is 5. The number of aliphatic carboxylic acids is 3. The predicted molar refractivity (Wildman–Crippen MR) is 166 cm³/mol. The summed E-state index contributed by atoms with van der Waals surface area (Å²) in [6, 6.07) is -2.30. The summed E-state index contributed by atoms with van der Waals surface area (Å²) in [7, 11) is 0. The molecule has 12 nitrogen and oxygen atoms in total. The number of carboxylic acids is 3. The number of rotatable bonds is 25. The molecule has 0 aliphatic rings. The maximum Gasteiger partial charge on any atom is 0.243 e. The van der Waals surface area contributed by atoms with Gasteiger partial charge in [-0.1, -0.05) is 79.8 Å². The van der Waals surface area contributed by atoms with Crippen LogP contribution in [0, 0.1) is 0 Å². The summed E-state index contributed by atoms with van der Waals surface area (Å²) >= 11 is 1.18. The molecule has 0 aliphatic carbocycles. The molecule has 0 aromatic heterocycles. The van der Waals surface area contributed by atoms with Gasteiger partial charge in [0.1, 0.15) is 12.1 Å². The standard InChI is InChI=1S/C32H47N3O9S/c1-2-3-4-5-11-14-17-26(36)27(18-15-12-9-7-6-8-10-13-16-19-29(38)39)45-23-25(31(42)34-22-30(40)41)35-28(37)21-20-24(33)32(43)44/h3-4,6-7,9-15,18,24-27,36H,2,5,8,16-17,19-23,33H2,1H3,(H,34,42)(H,35,37)(H,38,39)(H,40,41)(H,43,44)/p-2/b4-3-,7-6-,12-9+,13-10-,14-11-,18-15+/t24-,25-,26-,27+/m0/s1. The third-order valence-corrected chi connectivity index (χ3v) is 7.27. The van der Waals surface area contributed by atoms with Crippen molar-refractivity contribution in [3.05, 3.63) is 72.9 Å². The van der Waals surface area contributed by atoms with Crippen LogP contribution < -0.4 is 31.7 Å². The van der Waals surface area contributed by atoms with Crippen LogP contribution in [0.1, 0.15) is 58.3 Å². The molecular formula is C32H45N3O9S-2. The van der Waals surface area contributed by atoms with Gasteiger partial charge in [-0.15, -0.1) is 11.8 Å². The van der Waals surface area contributed by atoms with E-state index in [1.807, 2.05) is 49.5 Å². The molecule has 0 aromatic rings. The molecule has 0 spiro atoms. The van der Waals surface area contributed by atoms with E-state index in [1.165, 1.54) is 11.8 Å². The minimum Gasteiger partial charge on any atom is -0.550 e. The first kappa shape index (κ1) is 41.1. The monoisotopic (exact) mass is 647 g/mol. The van der Waals surface area contributed by atoms with Crippen LogP contribution in [0.5, 0.6) is 0 Å². The average molecular weight is 648 g/mol. The van der Waals surface area contributed by atoms with Crippen molar-refractivity contribution in [2.45, 2.75) is 81.7 Å². The van der Waals surface area contributed by atoms with Gasteiger partial charge in [0.2, 0.25) is 11.8 Å². The summed E-state index contributed by atoms with van der Waals surface area (Å²) in [4.78, 5) is 57.3. The smallest absolute Gasteiger partial charge is 0.243 e. The first-order valence-electron chi connectivity index (χ1n) is 14.7. The molecule has 0 saturated heterocycles. The normalized spacial score (nSPS) is 14.9. The van der Waals surface area contributed by atoms with E-state index in [4.69, 9.17) is 0 Å². The Hall–Kier alpha value is -3.94. The zero-order valence-corrected chi connectivity index (χ0v) is 26.5. The van der Waals surface area contributed by atoms with Gasteiger partial charge in [0.05, 0.1) is 24.6 Å². The van der Waals surface area contributed by atoms with E-state index in [2.05, 4.69) is 16.4 Å². The van der Waals surface area contributed by atoms with Crippen LogP contribution in [0.2, 0.25) is 0 Å². The predicted octanol–water partition coefficient (Wildman–Crippen LogP) is -1.61. The van der Waals surface area contributed by atoms with E-state index in [0.717, 1.165) is 6.42 Å². The lowest BCUT2D eigenvalue weighted by Crippen LogP contribution is -2.68. The lowest BCUT2D eigenvalue weighted by atomic mass is 10.1. The number of thioether (sulfide) groups is 1. The van der Waals surface area contributed by atoms with E-state index in [1.54, 1.807) is 30.4 Å². The van der Waals surface area contributed by atoms with Gasteiger partial charge in [-0.2, -0.15) is 0 Å². The molecule has 0 unspecified atom stereocenters. The second kappa shape index (κ2) is 26.5. The second-order valence-corrected chi connectivity index (χ2v) is 11.0. The van der Waals surface area contributed by atoms with E-state index in [9.17, 15) is 44.4 Å². The quantitative estimate of drug-likeness (QED) is 0.0655. The highest BCUT2D eigenvalue weighted by atomic mass is 32.2. The van der Waals surface area contributed by atoms with Gasteiger partial charge in [-0.25, -0.2) is 0 Å². The minimum absolute atomic E-state index is 0.0260. The number of allylic oxidation sites excluding steroid dienone is 10. The summed E-state index contributed by atoms with van der Waals surface area (Å²) in [6.07, 6.45) is 23.9. The van der Waals surface area contributed by atoms with Crippen LogP contribution in [-0.4, -0.2) is 70.6 Å². The second-order valence-electron chi connectivity index (χ2n) is 9.77. The molecule has 0 aromatic carbocycles. The van der Waals surface area contributed by atoms with Crippen LogP contribution >= 0.6 is 11.8 Å². The Bertz CT molecular complexity index is 1100. The highest BCUT2D eigenvalue weighted by Crippen LogP contribution is 2.21. The molecule has 6 N–H and O–H groups in total. The van der Waals surface area contributed by atoms with Gasteiger partial charge in [-0.3, -0.25) is 9.59 Å². The van der Waals surface area contributed by atoms with E-state index in [0.29, 0.717) is 25.7 Å². The third kappa shape index (κ3) is 24.1. The van der Waals surface area contributed by atoms with Crippen molar-refractivity contribution in [3.8, 4) is 0 Å². The summed E-state index contributed by atoms with van der Waals surface area (Å²) < 4.78 is 0. The average Bonchev–Trinajstić information content (AvgIpc) is 2.99. The molecule has 250 valence electrons. The Kier molecular flexibility index (Phi) is 24.1. The third-order valence-electron chi connectivity index (χ3n) is 5.89. The molecule has 2 amide bonds. The van der Waals surface area contributed by atoms with Gasteiger partial charge in [0.25, 0.3) is 0 Å². The highest BCUT2D eigenvalue weighted by molar-refractivity contribution is 8.00. The maximum atomic E-state index is 12.7. The number of quaternary nitrogens is 1. The summed E-state index contributed by atoms with van der Waals surface area (Å²) in [6.45, 7) is 1.26. The molecule has 0 bridgehead atoms. The molecule has 0 aliphatic heterocycles. The fourth-order valence-corrected chi connectivity index (χ4v) is 4.60. The van der Waals surface area contributed by atoms with Gasteiger partial charge in [0.15, 0.2) is 0 Å². The molecule has 0 rings (SSSR count). The van der Waals surface area contributed by atoms with Gasteiger partial charge < -0.3 is 51.2 Å². The summed E-state index contributed by atoms with van der Waals surface area (Å²) in [5.41, 5.74) is 3.39. The SMILES string of the molecule is CC/C=C\C/C=C\C[C@H](O)[C@@H](/C=C/C=C/C=C\C/C=C\CCC(=O)[O-])SC[C@H](NC(=O)CC[C@H]([NH3+])C(=O)[O-])C(=O)NCC(=O)[O-]. The highest BCUT2D eigenvalue weighted by Gasteiger charge is 2.25. The van der Waals surface area contributed by atoms with Crippen LogP contribution in [0.4, 0.5) is 0 Å². The van der Waals surface area contributed by atoms with Gasteiger partial charge in [-0.05, 0) is 38.5 Å². The Balaban J connectivity index is 5.52. The fraction of sp³-hybridized carbons (Fsp3) is 0.469. The number of amides is 2. The molecule has 0 heterocycles. The molecular weight excluding hydrogens is 602 g/mol. The number of carbonyl (C=O) groups is 5. The Labute approximate surface area is 268 Å². The van der Waals surface area contributed by atoms with Crippen LogP contribution in [-0.2, 0) is 24.0 Å². The summed E-state index contributed by atoms with van der Waals surface area (Å²) in [5, 5.41) is 47.2. The van der Waals surface area contributed by atoms with E-state index in [-0.39, 0.29) is 25.0 Å². The van der Waals surface area contributed by atoms with Crippen molar-refractivity contribution in [1.29, 1.82) is 0 Å². The fourth-order valence-electron chi connectivity index (χ4n) is 3.42. The number of nitrogens with one attached hydrogen (secondary N) is 2. The number of hydrogen-bond donors (Lipinski definition) is 4. The first-order valence-corrected chi connectivity index (χ1v) is 15.8. The van der Waals surface area contributed by atoms with Crippen molar-refractivity contribution in [1.82, 2.24) is 10.6 Å². The molecule has 0 saturated carbocycles. The van der Waals surface area contributed by atoms with E-state index < -0.39 is 59.7 Å². The lowest BCUT2D eigenvalue weighted by Gasteiger charge is -2.23. The Morgan fingerprint density at radius 3 is 2.18 bits per heavy atom. The Morgan fingerprint density at radius 1 is 0.844 bits per heavy atom. The minimum atomic E-state index is -1.51. The lowest BCUT2D eigenvalue weighted by molar-refractivity contribution is -0.438. The van der Waals surface area contributed by atoms with Crippen molar-refractivity contribution in [2.75, 3.05) is 12.3 Å². The molecule has 0 fully saturated rings. The molecule has 0 radical (unpaired) electrons. The molecule has 45 heavy (non-hydrogen) atoms. The first-order chi connectivity index (χ1) is 21.5. The van der Waals surface area contributed by atoms with Crippen molar-refractivity contribution in [2.24, 2.45) is 0 Å². The van der Waals surface area contributed by atoms with Gasteiger partial charge >= 0.3 is 0 Å². The van der Waals surface area contributed by atoms with Crippen LogP contribution in [0.25, 0.3) is 0 Å². The largest absolute Gasteiger partial charge is 0.550 e. The number of hydrogen-bond acceptors (Lipinski definition) is 10. The van der Waals surface area contributed by atoms with Crippen LogP contribution in [0.3, 0.4) is 0 Å². The van der Waals surface area contributed by atoms with Crippen molar-refractivity contribution < 1.29 is 50.1 Å². The molecule has 13 heteroatoms. The van der Waals surface area contributed by atoms with Crippen LogP contribution in [0.15, 0.2) is 72.9 Å². The Morgan fingerprint density at radius 2 is 1.51 bits per heavy atom. The maximum absolute atomic E-state index is 12.7. The number of carboxylic acid groups (broad SMARTS) is 3. The molecule has 4 atom stereocenters. The van der Waals surface area contributed by atoms with Crippen molar-refractivity contribution >= 4 is 41.5 Å². The van der Waals surface area contributed by atoms with E-state index >= 15 is 0 Å². The summed E-state index contributed by atoms with van der Waals surface area (Å²) in [5.74, 6) is -5.44. The topological polar surface area (TPSA) is 226 Å². The van der Waals surface area contributed by atoms with Crippen molar-refractivity contribution in [3.63, 3.8) is 0 Å². The number of aliphatic hydroxyl groups excluding tert-OH is 1. The number of aliphatic hydroxyl groups is 1. The zero-order valence-electron chi connectivity index (χ0n) is 25.6.